The van der Waals surface area contributed by atoms with Crippen LogP contribution in [-0.2, 0) is 10.0 Å². The van der Waals surface area contributed by atoms with Gasteiger partial charge in [0.05, 0.1) is 16.3 Å². The molecule has 96 valence electrons. The average Bonchev–Trinajstić information content (AvgIpc) is 2.42. The van der Waals surface area contributed by atoms with Gasteiger partial charge < -0.3 is 5.11 Å². The van der Waals surface area contributed by atoms with Crippen LogP contribution in [0.3, 0.4) is 0 Å². The van der Waals surface area contributed by atoms with Gasteiger partial charge in [-0.3, -0.25) is 0 Å². The highest BCUT2D eigenvalue weighted by Gasteiger charge is 2.41. The molecule has 17 heavy (non-hydrogen) atoms. The van der Waals surface area contributed by atoms with Crippen molar-refractivity contribution in [3.63, 3.8) is 0 Å². The van der Waals surface area contributed by atoms with Gasteiger partial charge >= 0.3 is 0 Å². The van der Waals surface area contributed by atoms with Gasteiger partial charge in [0.2, 0.25) is 0 Å². The summed E-state index contributed by atoms with van der Waals surface area (Å²) in [6.07, 6.45) is 0.923. The zero-order valence-corrected chi connectivity index (χ0v) is 11.7. The molecule has 1 aliphatic rings. The normalized spacial score (nSPS) is 29.1. The molecule has 0 amide bonds. The van der Waals surface area contributed by atoms with Crippen LogP contribution in [0.2, 0.25) is 0 Å². The summed E-state index contributed by atoms with van der Waals surface area (Å²) in [4.78, 5) is 4.11. The number of nitrogens with zero attached hydrogens (tertiary/aromatic N) is 1. The maximum atomic E-state index is 12.1. The van der Waals surface area contributed by atoms with Crippen molar-refractivity contribution in [2.24, 2.45) is 0 Å². The summed E-state index contributed by atoms with van der Waals surface area (Å²) in [7, 11) is -3.49. The molecule has 1 heterocycles. The Morgan fingerprint density at radius 1 is 1.47 bits per heavy atom. The highest BCUT2D eigenvalue weighted by atomic mass is 32.2. The van der Waals surface area contributed by atoms with E-state index in [9.17, 15) is 13.5 Å². The Labute approximate surface area is 105 Å². The first-order valence-electron chi connectivity index (χ1n) is 5.38. The quantitative estimate of drug-likeness (QED) is 0.861. The van der Waals surface area contributed by atoms with Gasteiger partial charge in [0.15, 0.2) is 4.21 Å². The van der Waals surface area contributed by atoms with E-state index < -0.39 is 15.6 Å². The maximum Gasteiger partial charge on any atom is 0.252 e. The molecule has 0 unspecified atom stereocenters. The lowest BCUT2D eigenvalue weighted by molar-refractivity contribution is -0.0329. The smallest absolute Gasteiger partial charge is 0.252 e. The van der Waals surface area contributed by atoms with E-state index in [4.69, 9.17) is 0 Å². The van der Waals surface area contributed by atoms with E-state index in [0.717, 1.165) is 5.01 Å². The number of thiazole rings is 1. The molecule has 0 aliphatic heterocycles. The number of hydrogen-bond donors (Lipinski definition) is 2. The molecule has 7 heteroatoms. The van der Waals surface area contributed by atoms with Gasteiger partial charge in [0, 0.05) is 6.04 Å². The lowest BCUT2D eigenvalue weighted by atomic mass is 9.78. The standard InChI is InChI=1S/C10H16N2O3S2/c1-6-9(16-7(2)11-6)17(14,15)12-8-4-10(3,13)5-8/h8,12-13H,4-5H2,1-3H3. The van der Waals surface area contributed by atoms with Crippen molar-refractivity contribution in [2.75, 3.05) is 0 Å². The SMILES string of the molecule is Cc1nc(C)c(S(=O)(=O)NC2CC(C)(O)C2)s1. The Morgan fingerprint density at radius 3 is 2.47 bits per heavy atom. The first-order chi connectivity index (χ1) is 7.70. The van der Waals surface area contributed by atoms with Crippen molar-refractivity contribution >= 4 is 21.4 Å². The molecule has 2 N–H and O–H groups in total. The van der Waals surface area contributed by atoms with Crippen molar-refractivity contribution in [1.82, 2.24) is 9.71 Å². The molecule has 0 bridgehead atoms. The fourth-order valence-corrected chi connectivity index (χ4v) is 4.86. The fraction of sp³-hybridized carbons (Fsp3) is 0.700. The van der Waals surface area contributed by atoms with Crippen LogP contribution in [0, 0.1) is 13.8 Å². The molecule has 1 aromatic heterocycles. The second kappa shape index (κ2) is 4.01. The van der Waals surface area contributed by atoms with Gasteiger partial charge in [-0.15, -0.1) is 11.3 Å². The fourth-order valence-electron chi connectivity index (χ4n) is 2.12. The van der Waals surface area contributed by atoms with E-state index in [1.165, 1.54) is 11.3 Å². The van der Waals surface area contributed by atoms with Crippen molar-refractivity contribution in [1.29, 1.82) is 0 Å². The van der Waals surface area contributed by atoms with Gasteiger partial charge in [0.25, 0.3) is 10.0 Å². The molecule has 0 atom stereocenters. The largest absolute Gasteiger partial charge is 0.390 e. The summed E-state index contributed by atoms with van der Waals surface area (Å²) < 4.78 is 27.0. The zero-order chi connectivity index (χ0) is 12.8. The summed E-state index contributed by atoms with van der Waals surface area (Å²) in [6.45, 7) is 5.18. The van der Waals surface area contributed by atoms with E-state index >= 15 is 0 Å². The number of nitrogens with one attached hydrogen (secondary N) is 1. The molecule has 1 aliphatic carbocycles. The number of aromatic nitrogens is 1. The van der Waals surface area contributed by atoms with Crippen LogP contribution in [0.15, 0.2) is 4.21 Å². The summed E-state index contributed by atoms with van der Waals surface area (Å²) in [6, 6.07) is -0.170. The average molecular weight is 276 g/mol. The molecule has 1 saturated carbocycles. The molecule has 1 aromatic rings. The lowest BCUT2D eigenvalue weighted by Crippen LogP contribution is -2.53. The monoisotopic (exact) mass is 276 g/mol. The Balaban J connectivity index is 2.13. The zero-order valence-electron chi connectivity index (χ0n) is 10.0. The summed E-state index contributed by atoms with van der Waals surface area (Å²) in [5, 5.41) is 10.3. The predicted octanol–water partition coefficient (Wildman–Crippen LogP) is 0.952. The van der Waals surface area contributed by atoms with Crippen molar-refractivity contribution < 1.29 is 13.5 Å². The number of rotatable bonds is 3. The van der Waals surface area contributed by atoms with Crippen LogP contribution in [0.25, 0.3) is 0 Å². The predicted molar refractivity (Wildman–Crippen MR) is 65.6 cm³/mol. The van der Waals surface area contributed by atoms with Gasteiger partial charge in [0.1, 0.15) is 0 Å². The summed E-state index contributed by atoms with van der Waals surface area (Å²) >= 11 is 1.17. The van der Waals surface area contributed by atoms with Crippen molar-refractivity contribution in [3.05, 3.63) is 10.7 Å². The second-order valence-corrected chi connectivity index (χ2v) is 7.94. The highest BCUT2D eigenvalue weighted by Crippen LogP contribution is 2.33. The van der Waals surface area contributed by atoms with E-state index in [1.807, 2.05) is 0 Å². The van der Waals surface area contributed by atoms with E-state index in [0.29, 0.717) is 18.5 Å². The highest BCUT2D eigenvalue weighted by molar-refractivity contribution is 7.91. The number of aryl methyl sites for hydroxylation is 2. The van der Waals surface area contributed by atoms with Crippen molar-refractivity contribution in [2.45, 2.75) is 49.5 Å². The van der Waals surface area contributed by atoms with Gasteiger partial charge in [-0.25, -0.2) is 18.1 Å². The minimum Gasteiger partial charge on any atom is -0.390 e. The summed E-state index contributed by atoms with van der Waals surface area (Å²) in [5.41, 5.74) is -0.197. The minimum absolute atomic E-state index is 0.170. The first-order valence-corrected chi connectivity index (χ1v) is 7.68. The molecule has 2 rings (SSSR count). The van der Waals surface area contributed by atoms with E-state index in [2.05, 4.69) is 9.71 Å². The van der Waals surface area contributed by atoms with Crippen LogP contribution >= 0.6 is 11.3 Å². The molecule has 5 nitrogen and oxygen atoms in total. The Kier molecular flexibility index (Phi) is 3.05. The Hall–Kier alpha value is -0.500. The van der Waals surface area contributed by atoms with Crippen molar-refractivity contribution in [3.8, 4) is 0 Å². The van der Waals surface area contributed by atoms with E-state index in [-0.39, 0.29) is 10.3 Å². The number of sulfonamides is 1. The first kappa shape index (κ1) is 12.9. The van der Waals surface area contributed by atoms with Crippen LogP contribution in [0.5, 0.6) is 0 Å². The number of hydrogen-bond acceptors (Lipinski definition) is 5. The second-order valence-electron chi connectivity index (χ2n) is 4.83. The topological polar surface area (TPSA) is 79.3 Å². The molecule has 0 saturated heterocycles. The third-order valence-electron chi connectivity index (χ3n) is 2.80. The van der Waals surface area contributed by atoms with Crippen LogP contribution in [-0.4, -0.2) is 30.2 Å². The molecule has 1 fully saturated rings. The van der Waals surface area contributed by atoms with E-state index in [1.54, 1.807) is 20.8 Å². The Morgan fingerprint density at radius 2 is 2.06 bits per heavy atom. The minimum atomic E-state index is -3.49. The van der Waals surface area contributed by atoms with Crippen LogP contribution in [0.1, 0.15) is 30.5 Å². The van der Waals surface area contributed by atoms with Gasteiger partial charge in [-0.2, -0.15) is 0 Å². The van der Waals surface area contributed by atoms with Crippen LogP contribution < -0.4 is 4.72 Å². The molecular weight excluding hydrogens is 260 g/mol. The van der Waals surface area contributed by atoms with Crippen LogP contribution in [0.4, 0.5) is 0 Å². The molecule has 0 spiro atoms. The third-order valence-corrected chi connectivity index (χ3v) is 6.00. The Bertz CT molecular complexity index is 526. The van der Waals surface area contributed by atoms with Gasteiger partial charge in [-0.1, -0.05) is 0 Å². The molecule has 0 radical (unpaired) electrons. The third kappa shape index (κ3) is 2.67. The number of aliphatic hydroxyl groups is 1. The molecular formula is C10H16N2O3S2. The van der Waals surface area contributed by atoms with Gasteiger partial charge in [-0.05, 0) is 33.6 Å². The molecule has 0 aromatic carbocycles. The summed E-state index contributed by atoms with van der Waals surface area (Å²) in [5.74, 6) is 0. The maximum absolute atomic E-state index is 12.1. The lowest BCUT2D eigenvalue weighted by Gasteiger charge is -2.40.